The normalized spacial score (nSPS) is 29.8. The maximum Gasteiger partial charge on any atom is 0.119 e. The highest BCUT2D eigenvalue weighted by molar-refractivity contribution is 5.59. The van der Waals surface area contributed by atoms with Crippen LogP contribution in [-0.4, -0.2) is 29.5 Å². The molecule has 0 spiro atoms. The molecule has 20 heavy (non-hydrogen) atoms. The summed E-state index contributed by atoms with van der Waals surface area (Å²) in [5.41, 5.74) is 4.43. The number of ether oxygens (including phenoxy) is 1. The Hall–Kier alpha value is -1.84. The van der Waals surface area contributed by atoms with Gasteiger partial charge in [-0.2, -0.15) is 0 Å². The highest BCUT2D eigenvalue weighted by Gasteiger charge is 2.48. The van der Waals surface area contributed by atoms with Crippen molar-refractivity contribution in [2.24, 2.45) is 0 Å². The molecule has 0 amide bonds. The molecule has 102 valence electrons. The molecule has 3 heteroatoms. The van der Waals surface area contributed by atoms with Gasteiger partial charge in [0.25, 0.3) is 0 Å². The molecule has 0 saturated heterocycles. The Balaban J connectivity index is 2.00. The summed E-state index contributed by atoms with van der Waals surface area (Å²) < 4.78 is 5.29. The van der Waals surface area contributed by atoms with E-state index >= 15 is 0 Å². The third-order valence-corrected chi connectivity index (χ3v) is 4.66. The molecular formula is C17H16O3. The molecule has 4 atom stereocenters. The van der Waals surface area contributed by atoms with Gasteiger partial charge in [-0.25, -0.2) is 0 Å². The van der Waals surface area contributed by atoms with E-state index in [1.807, 2.05) is 36.4 Å². The van der Waals surface area contributed by atoms with Crippen molar-refractivity contribution in [3.05, 3.63) is 64.7 Å². The second-order valence-corrected chi connectivity index (χ2v) is 5.56. The molecule has 0 unspecified atom stereocenters. The molecule has 3 aliphatic rings. The van der Waals surface area contributed by atoms with E-state index in [1.165, 1.54) is 0 Å². The lowest BCUT2D eigenvalue weighted by Gasteiger charge is -2.46. The van der Waals surface area contributed by atoms with E-state index in [4.69, 9.17) is 4.74 Å². The van der Waals surface area contributed by atoms with Crippen molar-refractivity contribution in [2.45, 2.75) is 24.0 Å². The summed E-state index contributed by atoms with van der Waals surface area (Å²) in [6, 6.07) is 14.0. The molecule has 0 fully saturated rings. The van der Waals surface area contributed by atoms with Crippen LogP contribution in [0, 0.1) is 0 Å². The van der Waals surface area contributed by atoms with Crippen molar-refractivity contribution in [2.75, 3.05) is 7.11 Å². The van der Waals surface area contributed by atoms with E-state index in [0.29, 0.717) is 0 Å². The predicted octanol–water partition coefficient (Wildman–Crippen LogP) is 2.01. The topological polar surface area (TPSA) is 49.7 Å². The number of methoxy groups -OCH3 is 1. The van der Waals surface area contributed by atoms with Gasteiger partial charge in [0.15, 0.2) is 0 Å². The Morgan fingerprint density at radius 1 is 0.800 bits per heavy atom. The second kappa shape index (κ2) is 4.08. The van der Waals surface area contributed by atoms with Crippen molar-refractivity contribution in [1.29, 1.82) is 0 Å². The molecule has 2 aromatic carbocycles. The van der Waals surface area contributed by atoms with E-state index in [0.717, 1.165) is 28.0 Å². The van der Waals surface area contributed by atoms with Gasteiger partial charge in [0.05, 0.1) is 19.3 Å². The van der Waals surface area contributed by atoms with Crippen molar-refractivity contribution in [3.8, 4) is 5.75 Å². The number of hydrogen-bond acceptors (Lipinski definition) is 3. The summed E-state index contributed by atoms with van der Waals surface area (Å²) in [4.78, 5) is 0. The summed E-state index contributed by atoms with van der Waals surface area (Å²) in [5, 5.41) is 20.8. The molecule has 3 aliphatic carbocycles. The van der Waals surface area contributed by atoms with Crippen LogP contribution in [0.3, 0.4) is 0 Å². The van der Waals surface area contributed by atoms with Gasteiger partial charge in [0.2, 0.25) is 0 Å². The SMILES string of the molecule is COc1ccc2c(c1)[C@@H]1c3ccccc3[C@H]2[C@H](O)[C@@H]1O. The summed E-state index contributed by atoms with van der Waals surface area (Å²) in [6.45, 7) is 0. The molecule has 3 nitrogen and oxygen atoms in total. The fourth-order valence-corrected chi connectivity index (χ4v) is 3.78. The Morgan fingerprint density at radius 2 is 1.35 bits per heavy atom. The van der Waals surface area contributed by atoms with Crippen LogP contribution in [0.2, 0.25) is 0 Å². The fourth-order valence-electron chi connectivity index (χ4n) is 3.78. The van der Waals surface area contributed by atoms with Crippen LogP contribution >= 0.6 is 0 Å². The Bertz CT molecular complexity index is 680. The van der Waals surface area contributed by atoms with Crippen LogP contribution in [0.5, 0.6) is 5.75 Å². The Labute approximate surface area is 117 Å². The first kappa shape index (κ1) is 11.9. The smallest absolute Gasteiger partial charge is 0.119 e. The third-order valence-electron chi connectivity index (χ3n) is 4.66. The van der Waals surface area contributed by atoms with Gasteiger partial charge in [-0.3, -0.25) is 0 Å². The molecule has 5 rings (SSSR count). The molecule has 0 aliphatic heterocycles. The number of aliphatic hydroxyl groups is 2. The quantitative estimate of drug-likeness (QED) is 0.832. The molecule has 0 heterocycles. The van der Waals surface area contributed by atoms with Gasteiger partial charge in [-0.15, -0.1) is 0 Å². The summed E-state index contributed by atoms with van der Waals surface area (Å²) in [5.74, 6) is 0.471. The van der Waals surface area contributed by atoms with Crippen LogP contribution in [0.25, 0.3) is 0 Å². The summed E-state index contributed by atoms with van der Waals surface area (Å²) in [7, 11) is 1.64. The second-order valence-electron chi connectivity index (χ2n) is 5.56. The molecule has 0 saturated carbocycles. The fraction of sp³-hybridized carbons (Fsp3) is 0.294. The minimum absolute atomic E-state index is 0.146. The van der Waals surface area contributed by atoms with Crippen LogP contribution in [0.1, 0.15) is 34.1 Å². The Morgan fingerprint density at radius 3 is 1.95 bits per heavy atom. The van der Waals surface area contributed by atoms with Crippen molar-refractivity contribution in [3.63, 3.8) is 0 Å². The number of hydrogen-bond donors (Lipinski definition) is 2. The lowest BCUT2D eigenvalue weighted by atomic mass is 9.61. The molecule has 0 aromatic heterocycles. The Kier molecular flexibility index (Phi) is 2.43. The third kappa shape index (κ3) is 1.37. The van der Waals surface area contributed by atoms with Gasteiger partial charge in [-0.05, 0) is 34.4 Å². The van der Waals surface area contributed by atoms with E-state index in [9.17, 15) is 10.2 Å². The predicted molar refractivity (Wildman–Crippen MR) is 75.1 cm³/mol. The lowest BCUT2D eigenvalue weighted by molar-refractivity contribution is -0.0154. The number of fused-ring (bicyclic) bond motifs is 1. The minimum atomic E-state index is -0.755. The van der Waals surface area contributed by atoms with Crippen LogP contribution in [0.15, 0.2) is 42.5 Å². The van der Waals surface area contributed by atoms with Crippen molar-refractivity contribution >= 4 is 0 Å². The first-order valence-corrected chi connectivity index (χ1v) is 6.85. The highest BCUT2D eigenvalue weighted by atomic mass is 16.5. The van der Waals surface area contributed by atoms with Crippen molar-refractivity contribution in [1.82, 2.24) is 0 Å². The van der Waals surface area contributed by atoms with Crippen molar-refractivity contribution < 1.29 is 14.9 Å². The van der Waals surface area contributed by atoms with E-state index < -0.39 is 12.2 Å². The van der Waals surface area contributed by atoms with E-state index in [2.05, 4.69) is 6.07 Å². The van der Waals surface area contributed by atoms with Gasteiger partial charge < -0.3 is 14.9 Å². The average molecular weight is 268 g/mol. The largest absolute Gasteiger partial charge is 0.497 e. The summed E-state index contributed by atoms with van der Waals surface area (Å²) in [6.07, 6.45) is -1.50. The molecule has 2 N–H and O–H groups in total. The first-order chi connectivity index (χ1) is 9.72. The van der Waals surface area contributed by atoms with Gasteiger partial charge in [0, 0.05) is 11.8 Å². The van der Waals surface area contributed by atoms with Gasteiger partial charge >= 0.3 is 0 Å². The summed E-state index contributed by atoms with van der Waals surface area (Å²) >= 11 is 0. The number of benzene rings is 2. The zero-order valence-electron chi connectivity index (χ0n) is 11.2. The number of aliphatic hydroxyl groups excluding tert-OH is 2. The first-order valence-electron chi connectivity index (χ1n) is 6.85. The highest BCUT2D eigenvalue weighted by Crippen LogP contribution is 2.53. The molecule has 2 bridgehead atoms. The maximum atomic E-state index is 10.4. The molecule has 0 radical (unpaired) electrons. The monoisotopic (exact) mass is 268 g/mol. The van der Waals surface area contributed by atoms with E-state index in [1.54, 1.807) is 7.11 Å². The zero-order valence-corrected chi connectivity index (χ0v) is 11.2. The lowest BCUT2D eigenvalue weighted by Crippen LogP contribution is -2.47. The van der Waals surface area contributed by atoms with Crippen LogP contribution in [0.4, 0.5) is 0 Å². The van der Waals surface area contributed by atoms with Gasteiger partial charge in [-0.1, -0.05) is 30.3 Å². The molecular weight excluding hydrogens is 252 g/mol. The van der Waals surface area contributed by atoms with Gasteiger partial charge in [0.1, 0.15) is 5.75 Å². The van der Waals surface area contributed by atoms with E-state index in [-0.39, 0.29) is 11.8 Å². The zero-order chi connectivity index (χ0) is 13.9. The molecule has 2 aromatic rings. The number of rotatable bonds is 1. The van der Waals surface area contributed by atoms with Crippen LogP contribution < -0.4 is 4.74 Å². The average Bonchev–Trinajstić information content (AvgIpc) is 2.49. The standard InChI is InChI=1S/C17H16O3/c1-20-9-6-7-12-13(8-9)15-11-5-3-2-4-10(11)14(12)16(18)17(15)19/h2-8,14-19H,1H3/t14-,15+,16+,17-/m1/s1. The minimum Gasteiger partial charge on any atom is -0.497 e. The maximum absolute atomic E-state index is 10.4. The van der Waals surface area contributed by atoms with Crippen LogP contribution in [-0.2, 0) is 0 Å².